The quantitative estimate of drug-likeness (QED) is 0.493. The van der Waals surface area contributed by atoms with Crippen LogP contribution in [0.1, 0.15) is 42.9 Å². The fourth-order valence-electron chi connectivity index (χ4n) is 4.25. The van der Waals surface area contributed by atoms with Gasteiger partial charge < -0.3 is 4.90 Å². The Morgan fingerprint density at radius 3 is 2.63 bits per heavy atom. The van der Waals surface area contributed by atoms with Gasteiger partial charge in [0.25, 0.3) is 0 Å². The predicted molar refractivity (Wildman–Crippen MR) is 109 cm³/mol. The molecule has 2 aliphatic heterocycles. The van der Waals surface area contributed by atoms with E-state index in [2.05, 4.69) is 6.07 Å². The van der Waals surface area contributed by atoms with Crippen LogP contribution in [0.5, 0.6) is 0 Å². The Hall–Kier alpha value is -2.72. The Balaban J connectivity index is 1.80. The van der Waals surface area contributed by atoms with Gasteiger partial charge in [-0.1, -0.05) is 48.5 Å². The summed E-state index contributed by atoms with van der Waals surface area (Å²) in [6.45, 7) is 1.86. The van der Waals surface area contributed by atoms with Crippen molar-refractivity contribution < 1.29 is 18.0 Å². The van der Waals surface area contributed by atoms with Gasteiger partial charge in [-0.3, -0.25) is 4.79 Å². The summed E-state index contributed by atoms with van der Waals surface area (Å²) >= 11 is 1.60. The molecule has 0 radical (unpaired) electrons. The standard InChI is InChI=1S/C23H19F3N2OS/c1-2-16-12-15(9-10-28(16)22(29)23(24,25)26)21-17-5-3-4-6-19(17)30-20-11-14(13-27)7-8-18(20)21/h3-8,11,16H,2,9-10,12H2,1H3/b21-15-/t16-/m0/s1. The number of piperidine rings is 1. The SMILES string of the molecule is CC[C@H]1C/C(=C2/c3ccccc3Sc3cc(C#N)ccc32)CCN1C(=O)C(F)(F)F. The van der Waals surface area contributed by atoms with Crippen molar-refractivity contribution in [1.82, 2.24) is 4.90 Å². The van der Waals surface area contributed by atoms with Crippen molar-refractivity contribution in [2.45, 2.75) is 48.2 Å². The van der Waals surface area contributed by atoms with E-state index >= 15 is 0 Å². The van der Waals surface area contributed by atoms with E-state index in [0.717, 1.165) is 37.0 Å². The fraction of sp³-hybridized carbons (Fsp3) is 0.304. The lowest BCUT2D eigenvalue weighted by Crippen LogP contribution is -2.49. The Morgan fingerprint density at radius 2 is 1.93 bits per heavy atom. The lowest BCUT2D eigenvalue weighted by Gasteiger charge is -2.38. The normalized spacial score (nSPS) is 20.9. The molecule has 0 aromatic heterocycles. The number of benzene rings is 2. The molecule has 2 aromatic rings. The molecule has 2 heterocycles. The van der Waals surface area contributed by atoms with E-state index in [9.17, 15) is 23.2 Å². The molecule has 2 aromatic carbocycles. The Kier molecular flexibility index (Phi) is 5.37. The van der Waals surface area contributed by atoms with Gasteiger partial charge in [-0.25, -0.2) is 0 Å². The van der Waals surface area contributed by atoms with Crippen LogP contribution < -0.4 is 0 Å². The average molecular weight is 428 g/mol. The van der Waals surface area contributed by atoms with Crippen molar-refractivity contribution in [1.29, 1.82) is 5.26 Å². The molecule has 1 atom stereocenters. The number of nitrogens with zero attached hydrogens (tertiary/aromatic N) is 2. The summed E-state index contributed by atoms with van der Waals surface area (Å²) in [4.78, 5) is 14.9. The van der Waals surface area contributed by atoms with Gasteiger partial charge in [0.1, 0.15) is 0 Å². The minimum Gasteiger partial charge on any atom is -0.331 e. The van der Waals surface area contributed by atoms with E-state index in [0.29, 0.717) is 24.8 Å². The molecule has 154 valence electrons. The molecular formula is C23H19F3N2OS. The zero-order chi connectivity index (χ0) is 21.5. The highest BCUT2D eigenvalue weighted by Crippen LogP contribution is 2.48. The first-order chi connectivity index (χ1) is 14.3. The maximum absolute atomic E-state index is 13.0. The van der Waals surface area contributed by atoms with Gasteiger partial charge in [0.15, 0.2) is 0 Å². The van der Waals surface area contributed by atoms with Gasteiger partial charge in [-0.05, 0) is 54.2 Å². The summed E-state index contributed by atoms with van der Waals surface area (Å²) in [6.07, 6.45) is -3.60. The minimum atomic E-state index is -4.85. The summed E-state index contributed by atoms with van der Waals surface area (Å²) < 4.78 is 39.1. The number of nitriles is 1. The van der Waals surface area contributed by atoms with Crippen LogP contribution in [-0.4, -0.2) is 29.6 Å². The molecule has 0 aliphatic carbocycles. The molecule has 0 unspecified atom stereocenters. The number of rotatable bonds is 1. The molecule has 1 fully saturated rings. The first-order valence-electron chi connectivity index (χ1n) is 9.75. The van der Waals surface area contributed by atoms with Crippen LogP contribution in [-0.2, 0) is 4.79 Å². The maximum Gasteiger partial charge on any atom is 0.471 e. The van der Waals surface area contributed by atoms with Crippen molar-refractivity contribution in [2.75, 3.05) is 6.54 Å². The number of amides is 1. The predicted octanol–water partition coefficient (Wildman–Crippen LogP) is 5.79. The molecule has 0 spiro atoms. The monoisotopic (exact) mass is 428 g/mol. The van der Waals surface area contributed by atoms with E-state index in [1.54, 1.807) is 17.8 Å². The van der Waals surface area contributed by atoms with Crippen LogP contribution in [0, 0.1) is 11.3 Å². The van der Waals surface area contributed by atoms with E-state index < -0.39 is 18.1 Å². The summed E-state index contributed by atoms with van der Waals surface area (Å²) in [5, 5.41) is 9.26. The highest BCUT2D eigenvalue weighted by atomic mass is 32.2. The van der Waals surface area contributed by atoms with E-state index in [1.807, 2.05) is 43.3 Å². The lowest BCUT2D eigenvalue weighted by molar-refractivity contribution is -0.188. The number of alkyl halides is 3. The van der Waals surface area contributed by atoms with Gasteiger partial charge in [-0.2, -0.15) is 18.4 Å². The van der Waals surface area contributed by atoms with E-state index in [1.165, 1.54) is 0 Å². The Morgan fingerprint density at radius 1 is 1.20 bits per heavy atom. The zero-order valence-electron chi connectivity index (χ0n) is 16.3. The van der Waals surface area contributed by atoms with Crippen molar-refractivity contribution in [3.8, 4) is 6.07 Å². The van der Waals surface area contributed by atoms with Crippen LogP contribution >= 0.6 is 11.8 Å². The third kappa shape index (κ3) is 3.61. The molecule has 3 nitrogen and oxygen atoms in total. The molecule has 1 amide bonds. The maximum atomic E-state index is 13.0. The van der Waals surface area contributed by atoms with Gasteiger partial charge in [0.2, 0.25) is 0 Å². The molecule has 0 saturated carbocycles. The van der Waals surface area contributed by atoms with Crippen LogP contribution in [0.25, 0.3) is 5.57 Å². The highest BCUT2D eigenvalue weighted by molar-refractivity contribution is 7.99. The molecule has 0 N–H and O–H groups in total. The number of carbonyl (C=O) groups excluding carboxylic acids is 1. The van der Waals surface area contributed by atoms with Crippen molar-refractivity contribution in [2.24, 2.45) is 0 Å². The van der Waals surface area contributed by atoms with Crippen LogP contribution in [0.3, 0.4) is 0 Å². The Bertz CT molecular complexity index is 1080. The van der Waals surface area contributed by atoms with Gasteiger partial charge in [-0.15, -0.1) is 0 Å². The number of hydrogen-bond acceptors (Lipinski definition) is 3. The minimum absolute atomic E-state index is 0.0522. The average Bonchev–Trinajstić information content (AvgIpc) is 2.75. The third-order valence-electron chi connectivity index (χ3n) is 5.66. The highest BCUT2D eigenvalue weighted by Gasteiger charge is 2.45. The van der Waals surface area contributed by atoms with Gasteiger partial charge in [0.05, 0.1) is 11.6 Å². The topological polar surface area (TPSA) is 44.1 Å². The fourth-order valence-corrected chi connectivity index (χ4v) is 5.38. The first kappa shape index (κ1) is 20.5. The van der Waals surface area contributed by atoms with Crippen molar-refractivity contribution in [3.63, 3.8) is 0 Å². The number of likely N-dealkylation sites (tertiary alicyclic amines) is 1. The summed E-state index contributed by atoms with van der Waals surface area (Å²) in [5.74, 6) is -1.75. The zero-order valence-corrected chi connectivity index (χ0v) is 17.1. The molecule has 4 rings (SSSR count). The Labute approximate surface area is 177 Å². The van der Waals surface area contributed by atoms with E-state index in [4.69, 9.17) is 0 Å². The van der Waals surface area contributed by atoms with Crippen LogP contribution in [0.4, 0.5) is 13.2 Å². The largest absolute Gasteiger partial charge is 0.471 e. The number of halogens is 3. The summed E-state index contributed by atoms with van der Waals surface area (Å²) in [7, 11) is 0. The second-order valence-electron chi connectivity index (χ2n) is 7.41. The van der Waals surface area contributed by atoms with Gasteiger partial charge >= 0.3 is 12.1 Å². The first-order valence-corrected chi connectivity index (χ1v) is 10.6. The summed E-state index contributed by atoms with van der Waals surface area (Å²) in [5.41, 5.74) is 4.72. The molecule has 7 heteroatoms. The molecule has 30 heavy (non-hydrogen) atoms. The van der Waals surface area contributed by atoms with Crippen LogP contribution in [0.2, 0.25) is 0 Å². The number of hydrogen-bond donors (Lipinski definition) is 0. The molecule has 2 aliphatic rings. The molecular weight excluding hydrogens is 409 g/mol. The van der Waals surface area contributed by atoms with Crippen molar-refractivity contribution >= 4 is 23.2 Å². The van der Waals surface area contributed by atoms with E-state index in [-0.39, 0.29) is 6.54 Å². The second-order valence-corrected chi connectivity index (χ2v) is 8.50. The summed E-state index contributed by atoms with van der Waals surface area (Å²) in [6, 6.07) is 15.2. The van der Waals surface area contributed by atoms with Crippen molar-refractivity contribution in [3.05, 3.63) is 64.7 Å². The smallest absolute Gasteiger partial charge is 0.331 e. The number of fused-ring (bicyclic) bond motifs is 2. The third-order valence-corrected chi connectivity index (χ3v) is 6.80. The second kappa shape index (κ2) is 7.84. The molecule has 1 saturated heterocycles. The molecule has 0 bridgehead atoms. The van der Waals surface area contributed by atoms with Gasteiger partial charge in [0, 0.05) is 22.4 Å². The lowest BCUT2D eigenvalue weighted by atomic mass is 9.84. The number of carbonyl (C=O) groups is 1. The van der Waals surface area contributed by atoms with Crippen LogP contribution in [0.15, 0.2) is 57.8 Å².